The second kappa shape index (κ2) is 6.90. The van der Waals surface area contributed by atoms with Gasteiger partial charge in [-0.05, 0) is 48.9 Å². The van der Waals surface area contributed by atoms with Crippen LogP contribution in [0.3, 0.4) is 0 Å². The number of aromatic nitrogens is 1. The third kappa shape index (κ3) is 3.25. The Morgan fingerprint density at radius 2 is 2.04 bits per heavy atom. The molecule has 0 amide bonds. The molecule has 0 spiro atoms. The van der Waals surface area contributed by atoms with E-state index >= 15 is 0 Å². The predicted octanol–water partition coefficient (Wildman–Crippen LogP) is 3.06. The Labute approximate surface area is 159 Å². The summed E-state index contributed by atoms with van der Waals surface area (Å²) in [7, 11) is 0. The Hall–Kier alpha value is -1.51. The first-order valence-electron chi connectivity index (χ1n) is 8.77. The number of aliphatic hydroxyl groups is 2. The van der Waals surface area contributed by atoms with E-state index < -0.39 is 11.7 Å². The van der Waals surface area contributed by atoms with Gasteiger partial charge in [-0.3, -0.25) is 9.69 Å². The highest BCUT2D eigenvalue weighted by Gasteiger charge is 2.37. The Bertz CT molecular complexity index is 939. The standard InChI is InChI=1S/C19H22N2O3S2/c1-12(17(22)13-4-5-14-15(11-13)26-18(23)20-14)21-8-6-19(24,7-9-21)16-3-2-10-25-16/h2-5,10-12,17,22,24H,6-9H2,1H3,(H,20,23)/t12-,17+/m0/s1. The molecule has 0 bridgehead atoms. The van der Waals surface area contributed by atoms with Crippen LogP contribution in [-0.2, 0) is 5.60 Å². The van der Waals surface area contributed by atoms with E-state index in [-0.39, 0.29) is 10.9 Å². The molecule has 3 aromatic rings. The zero-order chi connectivity index (χ0) is 18.3. The molecule has 4 rings (SSSR count). The minimum atomic E-state index is -0.744. The fourth-order valence-corrected chi connectivity index (χ4v) is 5.38. The van der Waals surface area contributed by atoms with Gasteiger partial charge >= 0.3 is 4.87 Å². The average molecular weight is 391 g/mol. The highest BCUT2D eigenvalue weighted by molar-refractivity contribution is 7.16. The number of aliphatic hydroxyl groups excluding tert-OH is 1. The molecule has 0 radical (unpaired) electrons. The molecule has 2 aromatic heterocycles. The number of likely N-dealkylation sites (tertiary alicyclic amines) is 1. The molecule has 2 atom stereocenters. The van der Waals surface area contributed by atoms with Crippen LogP contribution in [-0.4, -0.2) is 39.2 Å². The summed E-state index contributed by atoms with van der Waals surface area (Å²) in [5, 5.41) is 23.7. The predicted molar refractivity (Wildman–Crippen MR) is 106 cm³/mol. The number of piperidine rings is 1. The molecule has 1 aliphatic rings. The van der Waals surface area contributed by atoms with Crippen molar-refractivity contribution in [2.75, 3.05) is 13.1 Å². The van der Waals surface area contributed by atoms with Gasteiger partial charge in [-0.1, -0.05) is 23.5 Å². The van der Waals surface area contributed by atoms with Gasteiger partial charge in [-0.15, -0.1) is 11.3 Å². The van der Waals surface area contributed by atoms with Crippen molar-refractivity contribution < 1.29 is 10.2 Å². The van der Waals surface area contributed by atoms with Crippen LogP contribution in [0.4, 0.5) is 0 Å². The Morgan fingerprint density at radius 1 is 1.27 bits per heavy atom. The van der Waals surface area contributed by atoms with Crippen LogP contribution >= 0.6 is 22.7 Å². The quantitative estimate of drug-likeness (QED) is 0.640. The summed E-state index contributed by atoms with van der Waals surface area (Å²) >= 11 is 2.76. The van der Waals surface area contributed by atoms with Crippen molar-refractivity contribution in [2.24, 2.45) is 0 Å². The maximum atomic E-state index is 11.5. The second-order valence-electron chi connectivity index (χ2n) is 7.00. The van der Waals surface area contributed by atoms with Gasteiger partial charge in [-0.2, -0.15) is 0 Å². The number of benzene rings is 1. The minimum Gasteiger partial charge on any atom is -0.387 e. The lowest BCUT2D eigenvalue weighted by Crippen LogP contribution is -2.47. The summed E-state index contributed by atoms with van der Waals surface area (Å²) in [6, 6.07) is 9.53. The SMILES string of the molecule is C[C@@H]([C@@H](O)c1ccc2[nH]c(=O)sc2c1)N1CCC(O)(c2cccs2)CC1. The Kier molecular flexibility index (Phi) is 4.75. The molecule has 1 aromatic carbocycles. The Balaban J connectivity index is 1.47. The van der Waals surface area contributed by atoms with E-state index in [1.807, 2.05) is 42.6 Å². The molecule has 1 saturated heterocycles. The monoisotopic (exact) mass is 390 g/mol. The van der Waals surface area contributed by atoms with E-state index in [9.17, 15) is 15.0 Å². The summed E-state index contributed by atoms with van der Waals surface area (Å²) in [5.41, 5.74) is 0.882. The van der Waals surface area contributed by atoms with Gasteiger partial charge in [-0.25, -0.2) is 0 Å². The minimum absolute atomic E-state index is 0.0593. The lowest BCUT2D eigenvalue weighted by Gasteiger charge is -2.41. The zero-order valence-corrected chi connectivity index (χ0v) is 16.1. The summed E-state index contributed by atoms with van der Waals surface area (Å²) in [6.45, 7) is 3.50. The number of rotatable bonds is 4. The molecular weight excluding hydrogens is 368 g/mol. The smallest absolute Gasteiger partial charge is 0.305 e. The summed E-state index contributed by atoms with van der Waals surface area (Å²) in [4.78, 5) is 17.4. The maximum Gasteiger partial charge on any atom is 0.305 e. The van der Waals surface area contributed by atoms with Crippen LogP contribution < -0.4 is 4.87 Å². The first kappa shape index (κ1) is 17.9. The van der Waals surface area contributed by atoms with Crippen LogP contribution in [0.15, 0.2) is 40.5 Å². The van der Waals surface area contributed by atoms with Gasteiger partial charge in [0.15, 0.2) is 0 Å². The Morgan fingerprint density at radius 3 is 2.73 bits per heavy atom. The number of thiazole rings is 1. The summed E-state index contributed by atoms with van der Waals surface area (Å²) in [5.74, 6) is 0. The van der Waals surface area contributed by atoms with Gasteiger partial charge in [0.25, 0.3) is 0 Å². The van der Waals surface area contributed by atoms with Gasteiger partial charge in [0.05, 0.1) is 16.3 Å². The van der Waals surface area contributed by atoms with Crippen LogP contribution in [0.2, 0.25) is 0 Å². The second-order valence-corrected chi connectivity index (χ2v) is 8.96. The van der Waals surface area contributed by atoms with Crippen molar-refractivity contribution in [1.29, 1.82) is 0 Å². The molecule has 7 heteroatoms. The molecule has 1 fully saturated rings. The van der Waals surface area contributed by atoms with Crippen molar-refractivity contribution >= 4 is 32.9 Å². The van der Waals surface area contributed by atoms with Crippen molar-refractivity contribution in [2.45, 2.75) is 37.5 Å². The van der Waals surface area contributed by atoms with E-state index in [4.69, 9.17) is 0 Å². The highest BCUT2D eigenvalue weighted by Crippen LogP contribution is 2.37. The summed E-state index contributed by atoms with van der Waals surface area (Å²) in [6.07, 6.45) is 0.705. The molecule has 3 heterocycles. The molecular formula is C19H22N2O3S2. The number of hydrogen-bond acceptors (Lipinski definition) is 6. The fourth-order valence-electron chi connectivity index (χ4n) is 3.72. The van der Waals surface area contributed by atoms with Gasteiger partial charge < -0.3 is 15.2 Å². The molecule has 1 aliphatic heterocycles. The van der Waals surface area contributed by atoms with Crippen molar-refractivity contribution in [3.8, 4) is 0 Å². The molecule has 3 N–H and O–H groups in total. The van der Waals surface area contributed by atoms with E-state index in [2.05, 4.69) is 9.88 Å². The zero-order valence-electron chi connectivity index (χ0n) is 14.5. The first-order chi connectivity index (χ1) is 12.5. The van der Waals surface area contributed by atoms with Gasteiger partial charge in [0.2, 0.25) is 0 Å². The number of nitrogens with zero attached hydrogens (tertiary/aromatic N) is 1. The van der Waals surface area contributed by atoms with Crippen molar-refractivity contribution in [3.63, 3.8) is 0 Å². The van der Waals surface area contributed by atoms with Crippen LogP contribution in [0.25, 0.3) is 10.2 Å². The molecule has 0 unspecified atom stereocenters. The third-order valence-electron chi connectivity index (χ3n) is 5.42. The fraction of sp³-hybridized carbons (Fsp3) is 0.421. The molecule has 26 heavy (non-hydrogen) atoms. The van der Waals surface area contributed by atoms with E-state index in [1.165, 1.54) is 0 Å². The first-order valence-corrected chi connectivity index (χ1v) is 10.5. The number of hydrogen-bond donors (Lipinski definition) is 3. The number of nitrogens with one attached hydrogen (secondary N) is 1. The number of aromatic amines is 1. The van der Waals surface area contributed by atoms with Crippen LogP contribution in [0.5, 0.6) is 0 Å². The van der Waals surface area contributed by atoms with Gasteiger partial charge in [0, 0.05) is 24.0 Å². The third-order valence-corrected chi connectivity index (χ3v) is 7.33. The van der Waals surface area contributed by atoms with Crippen LogP contribution in [0, 0.1) is 0 Å². The average Bonchev–Trinajstić information content (AvgIpc) is 3.29. The largest absolute Gasteiger partial charge is 0.387 e. The number of thiophene rings is 1. The normalized spacial score (nSPS) is 20.3. The lowest BCUT2D eigenvalue weighted by molar-refractivity contribution is -0.0479. The van der Waals surface area contributed by atoms with Gasteiger partial charge in [0.1, 0.15) is 5.60 Å². The summed E-state index contributed by atoms with van der Waals surface area (Å²) < 4.78 is 0.865. The van der Waals surface area contributed by atoms with Crippen LogP contribution in [0.1, 0.15) is 36.3 Å². The van der Waals surface area contributed by atoms with Crippen molar-refractivity contribution in [3.05, 3.63) is 55.8 Å². The molecule has 0 aliphatic carbocycles. The van der Waals surface area contributed by atoms with E-state index in [0.717, 1.165) is 45.1 Å². The van der Waals surface area contributed by atoms with E-state index in [0.29, 0.717) is 12.8 Å². The lowest BCUT2D eigenvalue weighted by atomic mass is 9.88. The van der Waals surface area contributed by atoms with Crippen molar-refractivity contribution in [1.82, 2.24) is 9.88 Å². The number of H-pyrrole nitrogens is 1. The number of fused-ring (bicyclic) bond motifs is 1. The maximum absolute atomic E-state index is 11.5. The topological polar surface area (TPSA) is 76.6 Å². The highest BCUT2D eigenvalue weighted by atomic mass is 32.1. The molecule has 5 nitrogen and oxygen atoms in total. The molecule has 138 valence electrons. The van der Waals surface area contributed by atoms with E-state index in [1.54, 1.807) is 11.3 Å². The molecule has 0 saturated carbocycles.